The summed E-state index contributed by atoms with van der Waals surface area (Å²) in [6.07, 6.45) is 3.88. The summed E-state index contributed by atoms with van der Waals surface area (Å²) in [6.45, 7) is -0.169. The van der Waals surface area contributed by atoms with Gasteiger partial charge in [-0.15, -0.1) is 0 Å². The van der Waals surface area contributed by atoms with E-state index in [0.29, 0.717) is 5.82 Å². The lowest BCUT2D eigenvalue weighted by molar-refractivity contribution is 0.585. The van der Waals surface area contributed by atoms with Crippen molar-refractivity contribution in [1.29, 1.82) is 0 Å². The molecule has 38 heavy (non-hydrogen) atoms. The quantitative estimate of drug-likeness (QED) is 0.288. The van der Waals surface area contributed by atoms with E-state index in [1.165, 1.54) is 0 Å². The molecule has 0 bridgehead atoms. The zero-order valence-corrected chi connectivity index (χ0v) is 20.3. The topological polar surface area (TPSA) is 55.3 Å². The molecule has 7 aromatic rings. The lowest BCUT2D eigenvalue weighted by Crippen LogP contribution is -2.56. The Morgan fingerprint density at radius 2 is 1.05 bits per heavy atom. The molecule has 4 aromatic carbocycles. The molecule has 8 rings (SSSR count). The van der Waals surface area contributed by atoms with Crippen LogP contribution in [0.25, 0.3) is 33.3 Å². The minimum absolute atomic E-state index is 0.169. The molecular weight excluding hydrogens is 469 g/mol. The molecule has 1 aliphatic heterocycles. The average Bonchev–Trinajstić information content (AvgIpc) is 3.56. The molecule has 178 valence electrons. The second-order valence-electron chi connectivity index (χ2n) is 9.44. The van der Waals surface area contributed by atoms with Crippen LogP contribution >= 0.6 is 0 Å². The summed E-state index contributed by atoms with van der Waals surface area (Å²) < 4.78 is 13.2. The van der Waals surface area contributed by atoms with Crippen LogP contribution in [-0.2, 0) is 0 Å². The van der Waals surface area contributed by atoms with Crippen molar-refractivity contribution in [3.63, 3.8) is 0 Å². The molecule has 0 radical (unpaired) electrons. The maximum atomic E-state index is 6.58. The van der Waals surface area contributed by atoms with E-state index in [0.717, 1.165) is 61.3 Å². The highest BCUT2D eigenvalue weighted by molar-refractivity contribution is 7.00. The van der Waals surface area contributed by atoms with E-state index in [1.807, 2.05) is 85.2 Å². The van der Waals surface area contributed by atoms with Crippen molar-refractivity contribution in [2.75, 3.05) is 4.90 Å². The molecule has 0 amide bonds. The second-order valence-corrected chi connectivity index (χ2v) is 9.44. The van der Waals surface area contributed by atoms with E-state index in [-0.39, 0.29) is 6.71 Å². The number of para-hydroxylation sites is 3. The minimum Gasteiger partial charge on any atom is -0.440 e. The minimum atomic E-state index is -0.169. The van der Waals surface area contributed by atoms with Crippen LogP contribution in [0.5, 0.6) is 0 Å². The van der Waals surface area contributed by atoms with Crippen molar-refractivity contribution < 1.29 is 8.83 Å². The number of benzene rings is 4. The van der Waals surface area contributed by atoms with Crippen LogP contribution in [0.1, 0.15) is 0 Å². The Bertz CT molecular complexity index is 1850. The normalized spacial score (nSPS) is 12.6. The van der Waals surface area contributed by atoms with E-state index in [1.54, 1.807) is 0 Å². The number of hydrogen-bond acceptors (Lipinski definition) is 5. The Kier molecular flexibility index (Phi) is 4.55. The number of nitrogens with zero attached hydrogens (tertiary/aromatic N) is 3. The van der Waals surface area contributed by atoms with Gasteiger partial charge in [-0.3, -0.25) is 4.90 Å². The maximum absolute atomic E-state index is 6.58. The van der Waals surface area contributed by atoms with Gasteiger partial charge in [0, 0.05) is 39.7 Å². The van der Waals surface area contributed by atoms with Crippen molar-refractivity contribution in [3.8, 4) is 11.4 Å². The van der Waals surface area contributed by atoms with Crippen LogP contribution in [-0.4, -0.2) is 16.7 Å². The summed E-state index contributed by atoms with van der Waals surface area (Å²) >= 11 is 0. The number of fused-ring (bicyclic) bond motifs is 6. The molecule has 0 N–H and O–H groups in total. The molecular formula is C32H20BN3O2. The third-order valence-corrected chi connectivity index (χ3v) is 7.26. The molecule has 3 aromatic heterocycles. The maximum Gasteiger partial charge on any atom is 0.261 e. The molecule has 0 fully saturated rings. The Morgan fingerprint density at radius 3 is 1.63 bits per heavy atom. The molecule has 4 heterocycles. The molecule has 0 spiro atoms. The Hall–Kier alpha value is -5.10. The van der Waals surface area contributed by atoms with Gasteiger partial charge in [0.2, 0.25) is 11.8 Å². The Labute approximate surface area is 219 Å². The fourth-order valence-electron chi connectivity index (χ4n) is 5.60. The number of furan rings is 2. The molecule has 0 saturated carbocycles. The van der Waals surface area contributed by atoms with Gasteiger partial charge < -0.3 is 8.83 Å². The Balaban J connectivity index is 1.43. The summed E-state index contributed by atoms with van der Waals surface area (Å²) in [7, 11) is 0. The van der Waals surface area contributed by atoms with Crippen LogP contribution < -0.4 is 21.3 Å². The van der Waals surface area contributed by atoms with E-state index >= 15 is 0 Å². The van der Waals surface area contributed by atoms with E-state index < -0.39 is 0 Å². The van der Waals surface area contributed by atoms with Crippen molar-refractivity contribution in [3.05, 3.63) is 122 Å². The standard InChI is InChI=1S/C32H20BN3O2/c1-3-11-21(12-4-1)30-34-19-22(20-35-30)33-28-24-15-7-9-17-26(24)37-31(28)36(23-13-5-2-6-14-23)32-29(33)25-16-8-10-18-27(25)38-32/h1-20H. The van der Waals surface area contributed by atoms with Gasteiger partial charge in [0.1, 0.15) is 11.2 Å². The van der Waals surface area contributed by atoms with Crippen molar-refractivity contribution >= 4 is 62.5 Å². The first-order valence-electron chi connectivity index (χ1n) is 12.6. The lowest BCUT2D eigenvalue weighted by Gasteiger charge is -2.29. The highest BCUT2D eigenvalue weighted by Gasteiger charge is 2.43. The first kappa shape index (κ1) is 21.0. The van der Waals surface area contributed by atoms with Gasteiger partial charge >= 0.3 is 0 Å². The van der Waals surface area contributed by atoms with E-state index in [9.17, 15) is 0 Å². The zero-order valence-electron chi connectivity index (χ0n) is 20.3. The summed E-state index contributed by atoms with van der Waals surface area (Å²) in [6, 6.07) is 36.7. The van der Waals surface area contributed by atoms with Crippen LogP contribution in [0.15, 0.2) is 130 Å². The summed E-state index contributed by atoms with van der Waals surface area (Å²) in [4.78, 5) is 11.7. The SMILES string of the molecule is c1ccc(-c2ncc(B3c4c(oc5ccccc45)N(c4ccccc4)c4oc5ccccc5c43)cn2)cc1. The number of aromatic nitrogens is 2. The van der Waals surface area contributed by atoms with Crippen LogP contribution in [0, 0.1) is 0 Å². The van der Waals surface area contributed by atoms with E-state index in [4.69, 9.17) is 18.8 Å². The molecule has 1 aliphatic rings. The van der Waals surface area contributed by atoms with Gasteiger partial charge in [0.15, 0.2) is 5.82 Å². The molecule has 0 aliphatic carbocycles. The Morgan fingerprint density at radius 1 is 0.553 bits per heavy atom. The molecule has 0 unspecified atom stereocenters. The zero-order chi connectivity index (χ0) is 25.1. The van der Waals surface area contributed by atoms with Crippen LogP contribution in [0.3, 0.4) is 0 Å². The third-order valence-electron chi connectivity index (χ3n) is 7.26. The fraction of sp³-hybridized carbons (Fsp3) is 0. The highest BCUT2D eigenvalue weighted by Crippen LogP contribution is 2.41. The lowest BCUT2D eigenvalue weighted by atomic mass is 9.35. The third kappa shape index (κ3) is 3.07. The highest BCUT2D eigenvalue weighted by atomic mass is 16.4. The molecule has 6 heteroatoms. The van der Waals surface area contributed by atoms with Gasteiger partial charge in [-0.05, 0) is 29.7 Å². The van der Waals surface area contributed by atoms with Crippen LogP contribution in [0.4, 0.5) is 17.5 Å². The first-order valence-corrected chi connectivity index (χ1v) is 12.6. The predicted molar refractivity (Wildman–Crippen MR) is 153 cm³/mol. The van der Waals surface area contributed by atoms with Gasteiger partial charge in [-0.1, -0.05) is 84.9 Å². The number of hydrogen-bond donors (Lipinski definition) is 0. The predicted octanol–water partition coefficient (Wildman–Crippen LogP) is 5.94. The molecule has 5 nitrogen and oxygen atoms in total. The van der Waals surface area contributed by atoms with Gasteiger partial charge in [-0.2, -0.15) is 0 Å². The average molecular weight is 489 g/mol. The van der Waals surface area contributed by atoms with E-state index in [2.05, 4.69) is 41.3 Å². The van der Waals surface area contributed by atoms with Crippen LogP contribution in [0.2, 0.25) is 0 Å². The van der Waals surface area contributed by atoms with Crippen molar-refractivity contribution in [2.45, 2.75) is 0 Å². The van der Waals surface area contributed by atoms with Crippen molar-refractivity contribution in [1.82, 2.24) is 9.97 Å². The number of anilines is 3. The summed E-state index contributed by atoms with van der Waals surface area (Å²) in [5.41, 5.74) is 6.78. The summed E-state index contributed by atoms with van der Waals surface area (Å²) in [5, 5.41) is 2.13. The number of rotatable bonds is 3. The van der Waals surface area contributed by atoms with Gasteiger partial charge in [0.05, 0.1) is 5.69 Å². The summed E-state index contributed by atoms with van der Waals surface area (Å²) in [5.74, 6) is 2.20. The molecule has 0 saturated heterocycles. The second kappa shape index (κ2) is 8.22. The first-order chi connectivity index (χ1) is 18.9. The molecule has 0 atom stereocenters. The smallest absolute Gasteiger partial charge is 0.261 e. The monoisotopic (exact) mass is 489 g/mol. The largest absolute Gasteiger partial charge is 0.440 e. The van der Waals surface area contributed by atoms with Gasteiger partial charge in [-0.25, -0.2) is 9.97 Å². The van der Waals surface area contributed by atoms with Crippen molar-refractivity contribution in [2.24, 2.45) is 0 Å². The van der Waals surface area contributed by atoms with Gasteiger partial charge in [0.25, 0.3) is 6.71 Å². The fourth-order valence-corrected chi connectivity index (χ4v) is 5.60.